The Morgan fingerprint density at radius 1 is 1.25 bits per heavy atom. The number of rotatable bonds is 7. The molecule has 2 nitrogen and oxygen atoms in total. The summed E-state index contributed by atoms with van der Waals surface area (Å²) in [4.78, 5) is 0. The molecule has 0 saturated heterocycles. The molecule has 0 saturated carbocycles. The van der Waals surface area contributed by atoms with Crippen LogP contribution in [0.4, 0.5) is 0 Å². The van der Waals surface area contributed by atoms with E-state index in [1.54, 1.807) is 0 Å². The van der Waals surface area contributed by atoms with Crippen molar-refractivity contribution >= 4 is 0 Å². The van der Waals surface area contributed by atoms with Gasteiger partial charge in [-0.1, -0.05) is 26.2 Å². The van der Waals surface area contributed by atoms with Gasteiger partial charge in [-0.2, -0.15) is 0 Å². The maximum Gasteiger partial charge on any atom is 0.0636 e. The molecular formula is C10H23NO. The summed E-state index contributed by atoms with van der Waals surface area (Å²) in [6.07, 6.45) is 4.90. The van der Waals surface area contributed by atoms with Gasteiger partial charge in [0.1, 0.15) is 0 Å². The Bertz CT molecular complexity index is 93.8. The van der Waals surface area contributed by atoms with Gasteiger partial charge in [-0.05, 0) is 20.3 Å². The fraction of sp³-hybridized carbons (Fsp3) is 1.00. The van der Waals surface area contributed by atoms with E-state index < -0.39 is 0 Å². The molecule has 0 heterocycles. The fourth-order valence-corrected chi connectivity index (χ4v) is 1.17. The molecule has 0 rings (SSSR count). The van der Waals surface area contributed by atoms with E-state index >= 15 is 0 Å². The quantitative estimate of drug-likeness (QED) is 0.577. The van der Waals surface area contributed by atoms with Gasteiger partial charge in [0.05, 0.1) is 6.10 Å². The summed E-state index contributed by atoms with van der Waals surface area (Å²) in [5.74, 6) is 0. The van der Waals surface area contributed by atoms with Crippen molar-refractivity contribution in [3.8, 4) is 0 Å². The summed E-state index contributed by atoms with van der Waals surface area (Å²) >= 11 is 0. The van der Waals surface area contributed by atoms with Crippen LogP contribution < -0.4 is 5.32 Å². The van der Waals surface area contributed by atoms with Gasteiger partial charge in [0.15, 0.2) is 0 Å². The lowest BCUT2D eigenvalue weighted by atomic mass is 10.1. The molecule has 2 heteroatoms. The molecule has 0 radical (unpaired) electrons. The molecule has 0 aliphatic carbocycles. The third-order valence-electron chi connectivity index (χ3n) is 2.00. The average Bonchev–Trinajstić information content (AvgIpc) is 2.01. The van der Waals surface area contributed by atoms with Crippen molar-refractivity contribution in [2.45, 2.75) is 58.6 Å². The van der Waals surface area contributed by atoms with Crippen LogP contribution in [-0.2, 0) is 0 Å². The van der Waals surface area contributed by atoms with Crippen molar-refractivity contribution in [3.05, 3.63) is 0 Å². The first-order valence-corrected chi connectivity index (χ1v) is 5.08. The Morgan fingerprint density at radius 3 is 2.42 bits per heavy atom. The van der Waals surface area contributed by atoms with Crippen LogP contribution in [0.2, 0.25) is 0 Å². The first kappa shape index (κ1) is 11.9. The number of hydrogen-bond acceptors (Lipinski definition) is 2. The van der Waals surface area contributed by atoms with E-state index in [2.05, 4.69) is 19.2 Å². The maximum absolute atomic E-state index is 9.01. The predicted molar refractivity (Wildman–Crippen MR) is 53.3 cm³/mol. The van der Waals surface area contributed by atoms with E-state index in [1.165, 1.54) is 25.7 Å². The van der Waals surface area contributed by atoms with Crippen LogP contribution in [0.25, 0.3) is 0 Å². The third kappa shape index (κ3) is 8.02. The Labute approximate surface area is 76.4 Å². The lowest BCUT2D eigenvalue weighted by molar-refractivity contribution is 0.186. The van der Waals surface area contributed by atoms with E-state index in [9.17, 15) is 0 Å². The molecule has 0 fully saturated rings. The topological polar surface area (TPSA) is 32.3 Å². The fourth-order valence-electron chi connectivity index (χ4n) is 1.17. The molecule has 0 spiro atoms. The summed E-state index contributed by atoms with van der Waals surface area (Å²) in [5, 5.41) is 12.3. The van der Waals surface area contributed by atoms with Crippen LogP contribution in [-0.4, -0.2) is 23.8 Å². The van der Waals surface area contributed by atoms with Crippen molar-refractivity contribution < 1.29 is 5.11 Å². The minimum Gasteiger partial charge on any atom is -0.392 e. The Hall–Kier alpha value is -0.0800. The molecular weight excluding hydrogens is 150 g/mol. The minimum atomic E-state index is -0.223. The summed E-state index contributed by atoms with van der Waals surface area (Å²) in [6.45, 7) is 6.92. The summed E-state index contributed by atoms with van der Waals surface area (Å²) in [6, 6.07) is 0.547. The second-order valence-corrected chi connectivity index (χ2v) is 3.65. The van der Waals surface area contributed by atoms with E-state index in [0.717, 1.165) is 0 Å². The van der Waals surface area contributed by atoms with Gasteiger partial charge in [-0.3, -0.25) is 0 Å². The van der Waals surface area contributed by atoms with Crippen LogP contribution in [0, 0.1) is 0 Å². The van der Waals surface area contributed by atoms with Crippen LogP contribution in [0.3, 0.4) is 0 Å². The first-order chi connectivity index (χ1) is 5.66. The van der Waals surface area contributed by atoms with E-state index in [-0.39, 0.29) is 6.10 Å². The second-order valence-electron chi connectivity index (χ2n) is 3.65. The predicted octanol–water partition coefficient (Wildman–Crippen LogP) is 1.93. The molecule has 0 aliphatic heterocycles. The standard InChI is InChI=1S/C10H23NO/c1-4-5-6-7-9(2)11-8-10(3)12/h9-12H,4-8H2,1-3H3/t9-,10-/m1/s1. The average molecular weight is 173 g/mol. The van der Waals surface area contributed by atoms with Gasteiger partial charge in [0.2, 0.25) is 0 Å². The maximum atomic E-state index is 9.01. The number of aliphatic hydroxyl groups is 1. The molecule has 0 aromatic carbocycles. The molecule has 0 aromatic rings. The molecule has 0 aliphatic rings. The zero-order chi connectivity index (χ0) is 9.40. The lowest BCUT2D eigenvalue weighted by Crippen LogP contribution is -2.32. The number of nitrogens with one attached hydrogen (secondary N) is 1. The van der Waals surface area contributed by atoms with Crippen molar-refractivity contribution in [2.75, 3.05) is 6.54 Å². The summed E-state index contributed by atoms with van der Waals surface area (Å²) in [5.41, 5.74) is 0. The summed E-state index contributed by atoms with van der Waals surface area (Å²) in [7, 11) is 0. The van der Waals surface area contributed by atoms with Crippen molar-refractivity contribution in [2.24, 2.45) is 0 Å². The number of unbranched alkanes of at least 4 members (excludes halogenated alkanes) is 2. The highest BCUT2D eigenvalue weighted by Gasteiger charge is 2.01. The number of aliphatic hydroxyl groups excluding tert-OH is 1. The molecule has 0 unspecified atom stereocenters. The lowest BCUT2D eigenvalue weighted by Gasteiger charge is -2.14. The Kier molecular flexibility index (Phi) is 7.51. The van der Waals surface area contributed by atoms with Gasteiger partial charge >= 0.3 is 0 Å². The first-order valence-electron chi connectivity index (χ1n) is 5.08. The van der Waals surface area contributed by atoms with Gasteiger partial charge in [0.25, 0.3) is 0 Å². The summed E-state index contributed by atoms with van der Waals surface area (Å²) < 4.78 is 0. The smallest absolute Gasteiger partial charge is 0.0636 e. The Morgan fingerprint density at radius 2 is 1.92 bits per heavy atom. The largest absolute Gasteiger partial charge is 0.392 e. The van der Waals surface area contributed by atoms with Crippen molar-refractivity contribution in [1.29, 1.82) is 0 Å². The number of hydrogen-bond donors (Lipinski definition) is 2. The molecule has 12 heavy (non-hydrogen) atoms. The van der Waals surface area contributed by atoms with Crippen molar-refractivity contribution in [1.82, 2.24) is 5.32 Å². The zero-order valence-corrected chi connectivity index (χ0v) is 8.64. The van der Waals surface area contributed by atoms with Gasteiger partial charge in [-0.15, -0.1) is 0 Å². The zero-order valence-electron chi connectivity index (χ0n) is 8.64. The molecule has 2 atom stereocenters. The molecule has 74 valence electrons. The normalized spacial score (nSPS) is 16.0. The van der Waals surface area contributed by atoms with Crippen molar-refractivity contribution in [3.63, 3.8) is 0 Å². The highest BCUT2D eigenvalue weighted by Crippen LogP contribution is 2.02. The third-order valence-corrected chi connectivity index (χ3v) is 2.00. The van der Waals surface area contributed by atoms with Crippen LogP contribution in [0.5, 0.6) is 0 Å². The van der Waals surface area contributed by atoms with Gasteiger partial charge in [0, 0.05) is 12.6 Å². The monoisotopic (exact) mass is 173 g/mol. The van der Waals surface area contributed by atoms with Gasteiger partial charge in [-0.25, -0.2) is 0 Å². The highest BCUT2D eigenvalue weighted by atomic mass is 16.3. The van der Waals surface area contributed by atoms with E-state index in [4.69, 9.17) is 5.11 Å². The van der Waals surface area contributed by atoms with Crippen LogP contribution in [0.15, 0.2) is 0 Å². The SMILES string of the molecule is CCCCC[C@@H](C)NC[C@@H](C)O. The van der Waals surface area contributed by atoms with E-state index in [0.29, 0.717) is 12.6 Å². The molecule has 2 N–H and O–H groups in total. The van der Waals surface area contributed by atoms with Crippen LogP contribution >= 0.6 is 0 Å². The van der Waals surface area contributed by atoms with Crippen LogP contribution in [0.1, 0.15) is 46.5 Å². The molecule has 0 amide bonds. The molecule has 0 bridgehead atoms. The van der Waals surface area contributed by atoms with Gasteiger partial charge < -0.3 is 10.4 Å². The van der Waals surface area contributed by atoms with E-state index in [1.807, 2.05) is 6.92 Å². The molecule has 0 aromatic heterocycles. The minimum absolute atomic E-state index is 0.223. The highest BCUT2D eigenvalue weighted by molar-refractivity contribution is 4.62. The second kappa shape index (κ2) is 7.56. The Balaban J connectivity index is 3.15.